The molecule has 0 atom stereocenters. The van der Waals surface area contributed by atoms with Crippen LogP contribution in [0, 0.1) is 0 Å². The van der Waals surface area contributed by atoms with Gasteiger partial charge in [0.1, 0.15) is 6.54 Å². The first-order chi connectivity index (χ1) is 11.3. The van der Waals surface area contributed by atoms with Crippen molar-refractivity contribution < 1.29 is 18.0 Å². The van der Waals surface area contributed by atoms with E-state index >= 15 is 0 Å². The Morgan fingerprint density at radius 2 is 2.00 bits per heavy atom. The summed E-state index contributed by atoms with van der Waals surface area (Å²) in [5.41, 5.74) is 2.47. The lowest BCUT2D eigenvalue weighted by Gasteiger charge is -2.31. The molecule has 0 spiro atoms. The highest BCUT2D eigenvalue weighted by Crippen LogP contribution is 2.18. The van der Waals surface area contributed by atoms with Crippen LogP contribution in [0.3, 0.4) is 0 Å². The Morgan fingerprint density at radius 1 is 1.33 bits per heavy atom. The van der Waals surface area contributed by atoms with E-state index in [0.717, 1.165) is 20.0 Å². The van der Waals surface area contributed by atoms with Crippen molar-refractivity contribution in [1.29, 1.82) is 0 Å². The zero-order valence-electron chi connectivity index (χ0n) is 13.7. The average molecular weight is 342 g/mol. The number of fused-ring (bicyclic) bond motifs is 1. The lowest BCUT2D eigenvalue weighted by atomic mass is 10.0. The van der Waals surface area contributed by atoms with Gasteiger partial charge in [-0.3, -0.25) is 9.79 Å². The van der Waals surface area contributed by atoms with E-state index < -0.39 is 18.6 Å². The molecule has 0 saturated carbocycles. The van der Waals surface area contributed by atoms with Gasteiger partial charge in [-0.2, -0.15) is 13.2 Å². The van der Waals surface area contributed by atoms with Crippen LogP contribution >= 0.6 is 0 Å². The maximum atomic E-state index is 12.3. The molecule has 1 N–H and O–H groups in total. The second-order valence-electron chi connectivity index (χ2n) is 5.71. The van der Waals surface area contributed by atoms with E-state index in [1.807, 2.05) is 23.1 Å². The Kier molecular flexibility index (Phi) is 5.69. The van der Waals surface area contributed by atoms with Gasteiger partial charge in [0.2, 0.25) is 5.91 Å². The highest BCUT2D eigenvalue weighted by atomic mass is 19.4. The first kappa shape index (κ1) is 18.1. The Morgan fingerprint density at radius 3 is 2.62 bits per heavy atom. The number of hydrogen-bond acceptors (Lipinski definition) is 2. The van der Waals surface area contributed by atoms with E-state index in [4.69, 9.17) is 0 Å². The van der Waals surface area contributed by atoms with E-state index in [1.165, 1.54) is 11.1 Å². The summed E-state index contributed by atoms with van der Waals surface area (Å²) in [6.07, 6.45) is -3.54. The topological polar surface area (TPSA) is 47.9 Å². The maximum Gasteiger partial charge on any atom is 0.406 e. The number of amides is 1. The molecule has 1 heterocycles. The molecule has 0 saturated heterocycles. The fourth-order valence-electron chi connectivity index (χ4n) is 2.66. The molecule has 8 heteroatoms. The number of carbonyl (C=O) groups is 1. The van der Waals surface area contributed by atoms with Gasteiger partial charge in [-0.05, 0) is 17.5 Å². The largest absolute Gasteiger partial charge is 0.406 e. The summed E-state index contributed by atoms with van der Waals surface area (Å²) in [6.45, 7) is -0.0910. The number of hydrogen-bond donors (Lipinski definition) is 1. The van der Waals surface area contributed by atoms with Crippen LogP contribution in [-0.4, -0.2) is 61.6 Å². The van der Waals surface area contributed by atoms with Crippen molar-refractivity contribution in [3.8, 4) is 0 Å². The number of alkyl halides is 3. The third-order valence-corrected chi connectivity index (χ3v) is 3.88. The number of likely N-dealkylation sites (N-methyl/N-ethyl adjacent to an activating group) is 1. The number of benzene rings is 1. The molecule has 132 valence electrons. The fourth-order valence-corrected chi connectivity index (χ4v) is 2.66. The molecule has 1 aromatic carbocycles. The van der Waals surface area contributed by atoms with Gasteiger partial charge in [0.15, 0.2) is 5.96 Å². The van der Waals surface area contributed by atoms with Crippen molar-refractivity contribution in [2.75, 3.05) is 33.7 Å². The van der Waals surface area contributed by atoms with E-state index in [-0.39, 0.29) is 6.54 Å². The Hall–Kier alpha value is -2.25. The predicted octanol–water partition coefficient (Wildman–Crippen LogP) is 1.64. The molecule has 0 radical (unpaired) electrons. The maximum absolute atomic E-state index is 12.3. The zero-order valence-corrected chi connectivity index (χ0v) is 13.7. The standard InChI is InChI=1S/C16H21F3N4O/c1-20-15(21-9-14(24)22(2)11-16(17,18)19)23-8-7-12-5-3-4-6-13(12)10-23/h3-6H,7-11H2,1-2H3,(H,20,21). The molecule has 24 heavy (non-hydrogen) atoms. The van der Waals surface area contributed by atoms with E-state index in [9.17, 15) is 18.0 Å². The number of aliphatic imine (C=N–C) groups is 1. The van der Waals surface area contributed by atoms with E-state index in [0.29, 0.717) is 17.4 Å². The van der Waals surface area contributed by atoms with Crippen molar-refractivity contribution in [1.82, 2.24) is 15.1 Å². The zero-order chi connectivity index (χ0) is 17.7. The van der Waals surface area contributed by atoms with Gasteiger partial charge in [0.05, 0.1) is 6.54 Å². The second-order valence-corrected chi connectivity index (χ2v) is 5.71. The number of rotatable bonds is 3. The van der Waals surface area contributed by atoms with Gasteiger partial charge in [-0.25, -0.2) is 0 Å². The summed E-state index contributed by atoms with van der Waals surface area (Å²) in [6, 6.07) is 8.08. The molecule has 0 unspecified atom stereocenters. The van der Waals surface area contributed by atoms with Crippen LogP contribution in [0.5, 0.6) is 0 Å². The number of halogens is 3. The lowest BCUT2D eigenvalue weighted by Crippen LogP contribution is -2.48. The minimum atomic E-state index is -4.40. The smallest absolute Gasteiger partial charge is 0.347 e. The van der Waals surface area contributed by atoms with Crippen LogP contribution in [-0.2, 0) is 17.8 Å². The average Bonchev–Trinajstić information content (AvgIpc) is 2.53. The van der Waals surface area contributed by atoms with Crippen molar-refractivity contribution >= 4 is 11.9 Å². The van der Waals surface area contributed by atoms with Crippen molar-refractivity contribution in [3.05, 3.63) is 35.4 Å². The molecule has 0 bridgehead atoms. The van der Waals surface area contributed by atoms with Crippen LogP contribution in [0.15, 0.2) is 29.3 Å². The quantitative estimate of drug-likeness (QED) is 0.671. The molecular weight excluding hydrogens is 321 g/mol. The van der Waals surface area contributed by atoms with Gasteiger partial charge < -0.3 is 15.1 Å². The van der Waals surface area contributed by atoms with Crippen LogP contribution < -0.4 is 5.32 Å². The summed E-state index contributed by atoms with van der Waals surface area (Å²) in [5.74, 6) is -0.121. The highest BCUT2D eigenvalue weighted by molar-refractivity contribution is 5.86. The number of nitrogens with zero attached hydrogens (tertiary/aromatic N) is 3. The number of guanidine groups is 1. The SMILES string of the molecule is CN=C(NCC(=O)N(C)CC(F)(F)F)N1CCc2ccccc2C1. The summed E-state index contributed by atoms with van der Waals surface area (Å²) >= 11 is 0. The fraction of sp³-hybridized carbons (Fsp3) is 0.500. The van der Waals surface area contributed by atoms with Crippen molar-refractivity contribution in [3.63, 3.8) is 0 Å². The van der Waals surface area contributed by atoms with Crippen LogP contribution in [0.1, 0.15) is 11.1 Å². The van der Waals surface area contributed by atoms with Gasteiger partial charge in [0.25, 0.3) is 0 Å². The van der Waals surface area contributed by atoms with Crippen molar-refractivity contribution in [2.45, 2.75) is 19.1 Å². The normalized spacial score (nSPS) is 15.0. The lowest BCUT2D eigenvalue weighted by molar-refractivity contribution is -0.157. The van der Waals surface area contributed by atoms with Gasteiger partial charge in [0, 0.05) is 27.2 Å². The molecule has 1 aromatic rings. The first-order valence-corrected chi connectivity index (χ1v) is 7.63. The second kappa shape index (κ2) is 7.55. The number of carbonyl (C=O) groups excluding carboxylic acids is 1. The van der Waals surface area contributed by atoms with Crippen LogP contribution in [0.4, 0.5) is 13.2 Å². The van der Waals surface area contributed by atoms with Crippen LogP contribution in [0.25, 0.3) is 0 Å². The third kappa shape index (κ3) is 4.87. The first-order valence-electron chi connectivity index (χ1n) is 7.63. The minimum Gasteiger partial charge on any atom is -0.347 e. The molecule has 0 aliphatic carbocycles. The Labute approximate surface area is 139 Å². The van der Waals surface area contributed by atoms with Crippen molar-refractivity contribution in [2.24, 2.45) is 4.99 Å². The van der Waals surface area contributed by atoms with Crippen LogP contribution in [0.2, 0.25) is 0 Å². The van der Waals surface area contributed by atoms with Gasteiger partial charge in [-0.15, -0.1) is 0 Å². The summed E-state index contributed by atoms with van der Waals surface area (Å²) < 4.78 is 37.0. The molecule has 5 nitrogen and oxygen atoms in total. The molecule has 0 fully saturated rings. The molecule has 2 rings (SSSR count). The highest BCUT2D eigenvalue weighted by Gasteiger charge is 2.31. The Bertz CT molecular complexity index is 616. The molecule has 1 amide bonds. The summed E-state index contributed by atoms with van der Waals surface area (Å²) in [4.78, 5) is 18.6. The van der Waals surface area contributed by atoms with Gasteiger partial charge >= 0.3 is 6.18 Å². The predicted molar refractivity (Wildman–Crippen MR) is 85.6 cm³/mol. The summed E-state index contributed by atoms with van der Waals surface area (Å²) in [7, 11) is 2.73. The van der Waals surface area contributed by atoms with Gasteiger partial charge in [-0.1, -0.05) is 24.3 Å². The minimum absolute atomic E-state index is 0.225. The number of nitrogens with one attached hydrogen (secondary N) is 1. The van der Waals surface area contributed by atoms with E-state index in [1.54, 1.807) is 7.05 Å². The summed E-state index contributed by atoms with van der Waals surface area (Å²) in [5, 5.41) is 2.85. The molecule has 1 aliphatic rings. The third-order valence-electron chi connectivity index (χ3n) is 3.88. The molecule has 1 aliphatic heterocycles. The molecular formula is C16H21F3N4O. The molecule has 0 aromatic heterocycles. The Balaban J connectivity index is 1.91. The monoisotopic (exact) mass is 342 g/mol. The van der Waals surface area contributed by atoms with E-state index in [2.05, 4.69) is 16.4 Å².